The highest BCUT2D eigenvalue weighted by atomic mass is 35.5. The number of para-hydroxylation sites is 1. The normalized spacial score (nSPS) is 10.2. The summed E-state index contributed by atoms with van der Waals surface area (Å²) in [5.41, 5.74) is 1.14. The van der Waals surface area contributed by atoms with Gasteiger partial charge >= 0.3 is 5.97 Å². The molecule has 0 fully saturated rings. The van der Waals surface area contributed by atoms with Gasteiger partial charge in [-0.1, -0.05) is 35.3 Å². The van der Waals surface area contributed by atoms with Crippen molar-refractivity contribution in [3.8, 4) is 0 Å². The van der Waals surface area contributed by atoms with Gasteiger partial charge in [0.25, 0.3) is 5.91 Å². The Morgan fingerprint density at radius 2 is 1.81 bits per heavy atom. The molecule has 108 valence electrons. The molecule has 6 heteroatoms. The summed E-state index contributed by atoms with van der Waals surface area (Å²) in [5.74, 6) is -1.61. The number of aryl methyl sites for hydroxylation is 1. The van der Waals surface area contributed by atoms with Crippen molar-refractivity contribution < 1.29 is 14.7 Å². The quantitative estimate of drug-likeness (QED) is 0.887. The number of rotatable bonds is 3. The van der Waals surface area contributed by atoms with Crippen LogP contribution in [0.1, 0.15) is 26.3 Å². The molecule has 0 saturated carbocycles. The first kappa shape index (κ1) is 15.4. The molecule has 1 amide bonds. The summed E-state index contributed by atoms with van der Waals surface area (Å²) >= 11 is 11.8. The highest BCUT2D eigenvalue weighted by Gasteiger charge is 2.17. The summed E-state index contributed by atoms with van der Waals surface area (Å²) in [7, 11) is 0. The first-order chi connectivity index (χ1) is 9.90. The van der Waals surface area contributed by atoms with E-state index in [2.05, 4.69) is 5.32 Å². The Labute approximate surface area is 131 Å². The van der Waals surface area contributed by atoms with Crippen molar-refractivity contribution in [2.24, 2.45) is 0 Å². The molecule has 2 aromatic carbocycles. The maximum atomic E-state index is 12.2. The number of carboxylic acid groups (broad SMARTS) is 1. The van der Waals surface area contributed by atoms with Crippen LogP contribution in [0.2, 0.25) is 10.0 Å². The maximum Gasteiger partial charge on any atom is 0.337 e. The zero-order valence-corrected chi connectivity index (χ0v) is 12.5. The lowest BCUT2D eigenvalue weighted by atomic mass is 10.1. The van der Waals surface area contributed by atoms with Gasteiger partial charge in [0.15, 0.2) is 0 Å². The van der Waals surface area contributed by atoms with Crippen LogP contribution in [0.25, 0.3) is 0 Å². The lowest BCUT2D eigenvalue weighted by Crippen LogP contribution is -2.16. The molecule has 0 aliphatic heterocycles. The second-order valence-corrected chi connectivity index (χ2v) is 5.22. The molecule has 0 aliphatic carbocycles. The van der Waals surface area contributed by atoms with Gasteiger partial charge in [-0.3, -0.25) is 4.79 Å². The summed E-state index contributed by atoms with van der Waals surface area (Å²) < 4.78 is 0. The van der Waals surface area contributed by atoms with Crippen molar-refractivity contribution in [1.29, 1.82) is 0 Å². The van der Waals surface area contributed by atoms with Crippen LogP contribution >= 0.6 is 23.2 Å². The largest absolute Gasteiger partial charge is 0.478 e. The predicted octanol–water partition coefficient (Wildman–Crippen LogP) is 4.25. The molecule has 0 radical (unpaired) electrons. The van der Waals surface area contributed by atoms with E-state index < -0.39 is 11.9 Å². The SMILES string of the molecule is Cc1cccc(C(=O)O)c1NC(=O)c1ccc(Cl)cc1Cl. The number of anilines is 1. The zero-order valence-electron chi connectivity index (χ0n) is 11.0. The molecule has 0 heterocycles. The van der Waals surface area contributed by atoms with E-state index in [-0.39, 0.29) is 21.8 Å². The number of hydrogen-bond acceptors (Lipinski definition) is 2. The van der Waals surface area contributed by atoms with Crippen LogP contribution in [0.3, 0.4) is 0 Å². The molecule has 2 rings (SSSR count). The first-order valence-corrected chi connectivity index (χ1v) is 6.75. The Morgan fingerprint density at radius 1 is 1.10 bits per heavy atom. The fourth-order valence-electron chi connectivity index (χ4n) is 1.87. The Balaban J connectivity index is 2.38. The van der Waals surface area contributed by atoms with Gasteiger partial charge in [0.1, 0.15) is 0 Å². The molecule has 4 nitrogen and oxygen atoms in total. The number of halogens is 2. The first-order valence-electron chi connectivity index (χ1n) is 5.99. The van der Waals surface area contributed by atoms with Gasteiger partial charge in [-0.05, 0) is 36.8 Å². The standard InChI is InChI=1S/C15H11Cl2NO3/c1-8-3-2-4-11(15(20)21)13(8)18-14(19)10-6-5-9(16)7-12(10)17/h2-7H,1H3,(H,18,19)(H,20,21). The van der Waals surface area contributed by atoms with Crippen molar-refractivity contribution in [1.82, 2.24) is 0 Å². The molecule has 0 spiro atoms. The fourth-order valence-corrected chi connectivity index (χ4v) is 2.36. The van der Waals surface area contributed by atoms with Crippen LogP contribution in [0.4, 0.5) is 5.69 Å². The molecule has 0 saturated heterocycles. The van der Waals surface area contributed by atoms with E-state index in [9.17, 15) is 9.59 Å². The van der Waals surface area contributed by atoms with Crippen LogP contribution < -0.4 is 5.32 Å². The van der Waals surface area contributed by atoms with Gasteiger partial charge in [0, 0.05) is 5.02 Å². The van der Waals surface area contributed by atoms with E-state index >= 15 is 0 Å². The van der Waals surface area contributed by atoms with E-state index in [1.54, 1.807) is 19.1 Å². The second kappa shape index (κ2) is 6.16. The number of hydrogen-bond donors (Lipinski definition) is 2. The molecule has 2 aromatic rings. The average Bonchev–Trinajstić information content (AvgIpc) is 2.40. The zero-order chi connectivity index (χ0) is 15.6. The van der Waals surface area contributed by atoms with Gasteiger partial charge in [0.2, 0.25) is 0 Å². The number of carboxylic acids is 1. The van der Waals surface area contributed by atoms with Crippen LogP contribution in [-0.4, -0.2) is 17.0 Å². The van der Waals surface area contributed by atoms with Crippen molar-refractivity contribution in [2.75, 3.05) is 5.32 Å². The summed E-state index contributed by atoms with van der Waals surface area (Å²) in [6, 6.07) is 9.23. The molecule has 0 aromatic heterocycles. The van der Waals surface area contributed by atoms with Gasteiger partial charge in [-0.15, -0.1) is 0 Å². The van der Waals surface area contributed by atoms with E-state index in [1.165, 1.54) is 24.3 Å². The highest BCUT2D eigenvalue weighted by molar-refractivity contribution is 6.37. The van der Waals surface area contributed by atoms with Crippen LogP contribution in [0.5, 0.6) is 0 Å². The number of carbonyl (C=O) groups is 2. The molecular weight excluding hydrogens is 313 g/mol. The van der Waals surface area contributed by atoms with Gasteiger partial charge in [-0.25, -0.2) is 4.79 Å². The molecule has 0 atom stereocenters. The molecule has 21 heavy (non-hydrogen) atoms. The van der Waals surface area contributed by atoms with E-state index in [0.29, 0.717) is 10.6 Å². The Hall–Kier alpha value is -2.04. The van der Waals surface area contributed by atoms with E-state index in [0.717, 1.165) is 0 Å². The third-order valence-electron chi connectivity index (χ3n) is 2.92. The minimum atomic E-state index is -1.11. The van der Waals surface area contributed by atoms with Crippen molar-refractivity contribution in [3.63, 3.8) is 0 Å². The monoisotopic (exact) mass is 323 g/mol. The predicted molar refractivity (Wildman–Crippen MR) is 82.6 cm³/mol. The number of benzene rings is 2. The number of nitrogens with one attached hydrogen (secondary N) is 1. The van der Waals surface area contributed by atoms with Crippen molar-refractivity contribution in [3.05, 3.63) is 63.1 Å². The molecular formula is C15H11Cl2NO3. The Bertz CT molecular complexity index is 729. The lowest BCUT2D eigenvalue weighted by molar-refractivity contribution is 0.0698. The minimum absolute atomic E-state index is 0.0217. The smallest absolute Gasteiger partial charge is 0.337 e. The molecule has 2 N–H and O–H groups in total. The molecule has 0 unspecified atom stereocenters. The van der Waals surface area contributed by atoms with Crippen LogP contribution in [-0.2, 0) is 0 Å². The minimum Gasteiger partial charge on any atom is -0.478 e. The number of amides is 1. The lowest BCUT2D eigenvalue weighted by Gasteiger charge is -2.12. The molecule has 0 aliphatic rings. The second-order valence-electron chi connectivity index (χ2n) is 4.38. The van der Waals surface area contributed by atoms with E-state index in [4.69, 9.17) is 28.3 Å². The Morgan fingerprint density at radius 3 is 2.43 bits per heavy atom. The average molecular weight is 324 g/mol. The number of aromatic carboxylic acids is 1. The third-order valence-corrected chi connectivity index (χ3v) is 3.47. The summed E-state index contributed by atoms with van der Waals surface area (Å²) in [5, 5.41) is 12.4. The van der Waals surface area contributed by atoms with Gasteiger partial charge in [0.05, 0.1) is 21.8 Å². The van der Waals surface area contributed by atoms with E-state index in [1.807, 2.05) is 0 Å². The fraction of sp³-hybridized carbons (Fsp3) is 0.0667. The summed E-state index contributed by atoms with van der Waals surface area (Å²) in [4.78, 5) is 23.5. The van der Waals surface area contributed by atoms with Crippen molar-refractivity contribution in [2.45, 2.75) is 6.92 Å². The summed E-state index contributed by atoms with van der Waals surface area (Å²) in [6.45, 7) is 1.71. The maximum absolute atomic E-state index is 12.2. The van der Waals surface area contributed by atoms with Crippen LogP contribution in [0, 0.1) is 6.92 Å². The highest BCUT2D eigenvalue weighted by Crippen LogP contribution is 2.25. The van der Waals surface area contributed by atoms with Crippen LogP contribution in [0.15, 0.2) is 36.4 Å². The van der Waals surface area contributed by atoms with Gasteiger partial charge < -0.3 is 10.4 Å². The van der Waals surface area contributed by atoms with Gasteiger partial charge in [-0.2, -0.15) is 0 Å². The van der Waals surface area contributed by atoms with Crippen molar-refractivity contribution >= 4 is 40.8 Å². The molecule has 0 bridgehead atoms. The Kier molecular flexibility index (Phi) is 4.50. The summed E-state index contributed by atoms with van der Waals surface area (Å²) in [6.07, 6.45) is 0. The number of carbonyl (C=O) groups excluding carboxylic acids is 1. The third kappa shape index (κ3) is 3.35. The topological polar surface area (TPSA) is 66.4 Å².